The van der Waals surface area contributed by atoms with Gasteiger partial charge in [-0.15, -0.1) is 0 Å². The van der Waals surface area contributed by atoms with Gasteiger partial charge in [-0.25, -0.2) is 9.66 Å². The molecule has 1 aromatic heterocycles. The molecule has 0 amide bonds. The Morgan fingerprint density at radius 1 is 1.62 bits per heavy atom. The van der Waals surface area contributed by atoms with Crippen molar-refractivity contribution in [3.8, 4) is 0 Å². The van der Waals surface area contributed by atoms with E-state index < -0.39 is 0 Å². The predicted molar refractivity (Wildman–Crippen MR) is 49.5 cm³/mol. The molecule has 0 unspecified atom stereocenters. The Kier molecular flexibility index (Phi) is 1.88. The zero-order valence-corrected chi connectivity index (χ0v) is 7.66. The van der Waals surface area contributed by atoms with Crippen molar-refractivity contribution in [1.29, 1.82) is 0 Å². The van der Waals surface area contributed by atoms with E-state index in [1.165, 1.54) is 17.5 Å². The molecule has 0 radical (unpaired) electrons. The first-order valence-electron chi connectivity index (χ1n) is 4.35. The second-order valence-corrected chi connectivity index (χ2v) is 3.38. The lowest BCUT2D eigenvalue weighted by molar-refractivity contribution is 0.182. The summed E-state index contributed by atoms with van der Waals surface area (Å²) in [4.78, 5) is 4.35. The Balaban J connectivity index is 2.31. The van der Waals surface area contributed by atoms with Gasteiger partial charge in [-0.1, -0.05) is 0 Å². The van der Waals surface area contributed by atoms with Crippen molar-refractivity contribution in [1.82, 2.24) is 9.66 Å². The molecule has 1 aliphatic carbocycles. The number of methoxy groups -OCH3 is 1. The van der Waals surface area contributed by atoms with Gasteiger partial charge in [0, 0.05) is 13.0 Å². The standard InChI is InChI=1S/C8H14N4O/c1-13-4-6-7(9)12(10)8(11-6)5-2-3-5/h5H,2-4,9-10H2,1H3. The van der Waals surface area contributed by atoms with Gasteiger partial charge in [0.1, 0.15) is 17.3 Å². The highest BCUT2D eigenvalue weighted by atomic mass is 16.5. The van der Waals surface area contributed by atoms with Crippen molar-refractivity contribution in [2.24, 2.45) is 0 Å². The fraction of sp³-hybridized carbons (Fsp3) is 0.625. The molecule has 0 spiro atoms. The average molecular weight is 182 g/mol. The fourth-order valence-electron chi connectivity index (χ4n) is 1.38. The zero-order chi connectivity index (χ0) is 9.42. The number of nitrogen functional groups attached to an aromatic ring is 2. The van der Waals surface area contributed by atoms with Gasteiger partial charge in [0.2, 0.25) is 0 Å². The molecule has 0 aliphatic heterocycles. The molecular formula is C8H14N4O. The summed E-state index contributed by atoms with van der Waals surface area (Å²) in [6, 6.07) is 0. The van der Waals surface area contributed by atoms with Crippen molar-refractivity contribution < 1.29 is 4.74 Å². The minimum atomic E-state index is 0.426. The Hall–Kier alpha value is -1.23. The highest BCUT2D eigenvalue weighted by Crippen LogP contribution is 2.39. The van der Waals surface area contributed by atoms with Crippen molar-refractivity contribution in [2.75, 3.05) is 18.7 Å². The van der Waals surface area contributed by atoms with Crippen LogP contribution >= 0.6 is 0 Å². The quantitative estimate of drug-likeness (QED) is 0.654. The number of ether oxygens (including phenoxy) is 1. The summed E-state index contributed by atoms with van der Waals surface area (Å²) in [7, 11) is 1.62. The SMILES string of the molecule is COCc1nc(C2CC2)n(N)c1N. The number of anilines is 1. The average Bonchev–Trinajstić information content (AvgIpc) is 2.89. The second kappa shape index (κ2) is 2.92. The summed E-state index contributed by atoms with van der Waals surface area (Å²) in [5, 5.41) is 0. The van der Waals surface area contributed by atoms with E-state index in [0.29, 0.717) is 18.3 Å². The van der Waals surface area contributed by atoms with Gasteiger partial charge in [0.15, 0.2) is 0 Å². The maximum Gasteiger partial charge on any atom is 0.148 e. The van der Waals surface area contributed by atoms with Gasteiger partial charge in [0.25, 0.3) is 0 Å². The molecule has 0 aromatic carbocycles. The molecule has 2 rings (SSSR count). The monoisotopic (exact) mass is 182 g/mol. The predicted octanol–water partition coefficient (Wildman–Crippen LogP) is 0.203. The Labute approximate surface area is 76.7 Å². The molecular weight excluding hydrogens is 168 g/mol. The van der Waals surface area contributed by atoms with Gasteiger partial charge in [-0.3, -0.25) is 0 Å². The summed E-state index contributed by atoms with van der Waals surface area (Å²) in [5.74, 6) is 7.67. The van der Waals surface area contributed by atoms with E-state index >= 15 is 0 Å². The summed E-state index contributed by atoms with van der Waals surface area (Å²) >= 11 is 0. The van der Waals surface area contributed by atoms with E-state index in [-0.39, 0.29) is 0 Å². The van der Waals surface area contributed by atoms with Gasteiger partial charge in [0.05, 0.1) is 6.61 Å². The largest absolute Gasteiger partial charge is 0.382 e. The molecule has 1 fully saturated rings. The third kappa shape index (κ3) is 1.35. The van der Waals surface area contributed by atoms with E-state index in [1.807, 2.05) is 0 Å². The summed E-state index contributed by atoms with van der Waals surface area (Å²) in [5.41, 5.74) is 6.49. The van der Waals surface area contributed by atoms with E-state index in [4.69, 9.17) is 16.3 Å². The van der Waals surface area contributed by atoms with Crippen LogP contribution < -0.4 is 11.6 Å². The molecule has 1 aromatic rings. The van der Waals surface area contributed by atoms with Gasteiger partial charge >= 0.3 is 0 Å². The zero-order valence-electron chi connectivity index (χ0n) is 7.66. The van der Waals surface area contributed by atoms with Crippen molar-refractivity contribution >= 4 is 5.82 Å². The molecule has 0 bridgehead atoms. The third-order valence-electron chi connectivity index (χ3n) is 2.28. The lowest BCUT2D eigenvalue weighted by Crippen LogP contribution is -2.15. The summed E-state index contributed by atoms with van der Waals surface area (Å²) in [6.45, 7) is 0.426. The number of nitrogens with two attached hydrogens (primary N) is 2. The number of nitrogens with zero attached hydrogens (tertiary/aromatic N) is 2. The maximum absolute atomic E-state index is 5.75. The van der Waals surface area contributed by atoms with Gasteiger partial charge in [-0.05, 0) is 12.8 Å². The van der Waals surface area contributed by atoms with Crippen molar-refractivity contribution in [3.63, 3.8) is 0 Å². The minimum Gasteiger partial charge on any atom is -0.382 e. The van der Waals surface area contributed by atoms with Crippen LogP contribution in [-0.4, -0.2) is 16.8 Å². The lowest BCUT2D eigenvalue weighted by atomic mass is 10.4. The van der Waals surface area contributed by atoms with Crippen LogP contribution in [0.15, 0.2) is 0 Å². The van der Waals surface area contributed by atoms with Crippen molar-refractivity contribution in [3.05, 3.63) is 11.5 Å². The molecule has 13 heavy (non-hydrogen) atoms. The summed E-state index contributed by atoms with van der Waals surface area (Å²) < 4.78 is 6.44. The van der Waals surface area contributed by atoms with E-state index in [2.05, 4.69) is 4.98 Å². The molecule has 0 saturated heterocycles. The molecule has 1 saturated carbocycles. The molecule has 1 aliphatic rings. The van der Waals surface area contributed by atoms with Crippen molar-refractivity contribution in [2.45, 2.75) is 25.4 Å². The Bertz CT molecular complexity index is 316. The number of hydrogen-bond acceptors (Lipinski definition) is 4. The number of imidazole rings is 1. The number of aromatic nitrogens is 2. The lowest BCUT2D eigenvalue weighted by Gasteiger charge is -1.99. The van der Waals surface area contributed by atoms with Crippen LogP contribution in [0.2, 0.25) is 0 Å². The first-order valence-corrected chi connectivity index (χ1v) is 4.35. The first-order chi connectivity index (χ1) is 6.24. The normalized spacial score (nSPS) is 16.4. The number of rotatable bonds is 3. The molecule has 0 atom stereocenters. The molecule has 5 nitrogen and oxygen atoms in total. The highest BCUT2D eigenvalue weighted by molar-refractivity contribution is 5.39. The molecule has 72 valence electrons. The van der Waals surface area contributed by atoms with Crippen LogP contribution in [0.25, 0.3) is 0 Å². The van der Waals surface area contributed by atoms with E-state index in [9.17, 15) is 0 Å². The Morgan fingerprint density at radius 3 is 2.85 bits per heavy atom. The molecule has 4 N–H and O–H groups in total. The smallest absolute Gasteiger partial charge is 0.148 e. The van der Waals surface area contributed by atoms with E-state index in [1.54, 1.807) is 7.11 Å². The third-order valence-corrected chi connectivity index (χ3v) is 2.28. The van der Waals surface area contributed by atoms with Crippen LogP contribution in [0.5, 0.6) is 0 Å². The maximum atomic E-state index is 5.75. The fourth-order valence-corrected chi connectivity index (χ4v) is 1.38. The van der Waals surface area contributed by atoms with Gasteiger partial charge in [-0.2, -0.15) is 0 Å². The minimum absolute atomic E-state index is 0.426. The highest BCUT2D eigenvalue weighted by Gasteiger charge is 2.30. The Morgan fingerprint density at radius 2 is 2.31 bits per heavy atom. The number of hydrogen-bond donors (Lipinski definition) is 2. The topological polar surface area (TPSA) is 79.1 Å². The second-order valence-electron chi connectivity index (χ2n) is 3.38. The first kappa shape index (κ1) is 8.37. The van der Waals surface area contributed by atoms with Gasteiger partial charge < -0.3 is 16.3 Å². The molecule has 1 heterocycles. The summed E-state index contributed by atoms with van der Waals surface area (Å²) in [6.07, 6.45) is 2.33. The molecule has 5 heteroatoms. The van der Waals surface area contributed by atoms with Crippen LogP contribution in [0.3, 0.4) is 0 Å². The van der Waals surface area contributed by atoms with Crippen LogP contribution in [0, 0.1) is 0 Å². The van der Waals surface area contributed by atoms with Crippen LogP contribution in [0.4, 0.5) is 5.82 Å². The van der Waals surface area contributed by atoms with Crippen LogP contribution in [-0.2, 0) is 11.3 Å². The van der Waals surface area contributed by atoms with E-state index in [0.717, 1.165) is 11.5 Å². The van der Waals surface area contributed by atoms with Crippen LogP contribution in [0.1, 0.15) is 30.3 Å².